The van der Waals surface area contributed by atoms with Gasteiger partial charge in [0.15, 0.2) is 6.61 Å². The number of imide groups is 1. The summed E-state index contributed by atoms with van der Waals surface area (Å²) in [4.78, 5) is 31.8. The van der Waals surface area contributed by atoms with Gasteiger partial charge in [-0.1, -0.05) is 0 Å². The Morgan fingerprint density at radius 2 is 1.65 bits per heavy atom. The number of hydrogen-bond acceptors (Lipinski definition) is 7. The molecule has 0 aliphatic heterocycles. The zero-order chi connectivity index (χ0) is 16.4. The molecule has 2 amide bonds. The number of alkyl halides is 4. The minimum absolute atomic E-state index is 0.726. The average molecular weight is 343 g/mol. The lowest BCUT2D eigenvalue weighted by Crippen LogP contribution is -2.44. The first-order chi connectivity index (χ1) is 8.69. The van der Waals surface area contributed by atoms with Gasteiger partial charge in [0.1, 0.15) is 0 Å². The van der Waals surface area contributed by atoms with E-state index >= 15 is 0 Å². The van der Waals surface area contributed by atoms with Gasteiger partial charge in [-0.2, -0.15) is 26.0 Å². The largest absolute Gasteiger partial charge is 0.471 e. The molecule has 0 aliphatic carbocycles. The van der Waals surface area contributed by atoms with Crippen LogP contribution in [0.2, 0.25) is 0 Å². The van der Waals surface area contributed by atoms with E-state index in [0.29, 0.717) is 0 Å². The van der Waals surface area contributed by atoms with Gasteiger partial charge in [-0.3, -0.25) is 19.5 Å². The maximum atomic E-state index is 13.1. The third kappa shape index (κ3) is 4.93. The van der Waals surface area contributed by atoms with E-state index in [1.807, 2.05) is 0 Å². The summed E-state index contributed by atoms with van der Waals surface area (Å²) in [5.41, 5.74) is 0. The topological polar surface area (TPSA) is 127 Å². The van der Waals surface area contributed by atoms with Crippen molar-refractivity contribution >= 4 is 40.5 Å². The van der Waals surface area contributed by atoms with Gasteiger partial charge in [0.2, 0.25) is 0 Å². The van der Waals surface area contributed by atoms with Crippen molar-refractivity contribution in [2.24, 2.45) is 0 Å². The van der Waals surface area contributed by atoms with Crippen LogP contribution in [0.5, 0.6) is 0 Å². The van der Waals surface area contributed by atoms with Crippen molar-refractivity contribution in [3.05, 3.63) is 0 Å². The Hall–Kier alpha value is -1.41. The predicted molar refractivity (Wildman–Crippen MR) is 54.5 cm³/mol. The number of rotatable bonds is 4. The van der Waals surface area contributed by atoms with Gasteiger partial charge in [-0.25, -0.2) is 4.79 Å². The average Bonchev–Trinajstić information content (AvgIpc) is 2.22. The van der Waals surface area contributed by atoms with Crippen LogP contribution in [0, 0.1) is 0 Å². The van der Waals surface area contributed by atoms with Crippen LogP contribution in [0.3, 0.4) is 0 Å². The molecule has 0 fully saturated rings. The zero-order valence-electron chi connectivity index (χ0n) is 8.97. The fraction of sp³-hybridized carbons (Fsp3) is 0.500. The highest BCUT2D eigenvalue weighted by atomic mass is 32.3. The summed E-state index contributed by atoms with van der Waals surface area (Å²) in [5.74, 6) is -6.86. The lowest BCUT2D eigenvalue weighted by atomic mass is 10.5. The van der Waals surface area contributed by atoms with Crippen LogP contribution >= 0.6 is 12.6 Å². The van der Waals surface area contributed by atoms with Crippen LogP contribution in [0.1, 0.15) is 0 Å². The summed E-state index contributed by atoms with van der Waals surface area (Å²) >= 11 is 2.62. The smallest absolute Gasteiger partial charge is 0.452 e. The maximum Gasteiger partial charge on any atom is 0.471 e. The quantitative estimate of drug-likeness (QED) is 0.263. The summed E-state index contributed by atoms with van der Waals surface area (Å²) in [5, 5.41) is 0.726. The molecule has 14 heteroatoms. The first-order valence-corrected chi connectivity index (χ1v) is 6.05. The van der Waals surface area contributed by atoms with Crippen molar-refractivity contribution in [1.29, 1.82) is 0 Å². The lowest BCUT2D eigenvalue weighted by Gasteiger charge is -2.14. The van der Waals surface area contributed by atoms with E-state index in [1.54, 1.807) is 0 Å². The molecule has 2 N–H and O–H groups in total. The molecular weight excluding hydrogens is 338 g/mol. The van der Waals surface area contributed by atoms with Crippen LogP contribution in [0.4, 0.5) is 17.6 Å². The fourth-order valence-electron chi connectivity index (χ4n) is 0.559. The minimum Gasteiger partial charge on any atom is -0.452 e. The molecule has 0 aromatic carbocycles. The number of ether oxygens (including phenoxy) is 1. The molecule has 1 unspecified atom stereocenters. The van der Waals surface area contributed by atoms with Gasteiger partial charge >= 0.3 is 32.5 Å². The number of carbonyl (C=O) groups is 3. The van der Waals surface area contributed by atoms with Crippen LogP contribution in [0.15, 0.2) is 0 Å². The summed E-state index contributed by atoms with van der Waals surface area (Å²) in [7, 11) is -5.65. The van der Waals surface area contributed by atoms with Crippen LogP contribution in [-0.4, -0.2) is 47.9 Å². The van der Waals surface area contributed by atoms with Crippen molar-refractivity contribution in [3.63, 3.8) is 0 Å². The molecule has 0 heterocycles. The molecule has 0 bridgehead atoms. The monoisotopic (exact) mass is 343 g/mol. The number of esters is 1. The van der Waals surface area contributed by atoms with Crippen LogP contribution in [0.25, 0.3) is 0 Å². The molecule has 8 nitrogen and oxygen atoms in total. The Balaban J connectivity index is 4.56. The van der Waals surface area contributed by atoms with Crippen LogP contribution < -0.4 is 5.32 Å². The van der Waals surface area contributed by atoms with Gasteiger partial charge in [-0.15, -0.1) is 12.6 Å². The van der Waals surface area contributed by atoms with Gasteiger partial charge in [0.25, 0.3) is 5.91 Å². The van der Waals surface area contributed by atoms with Crippen molar-refractivity contribution < 1.29 is 49.7 Å². The molecule has 0 radical (unpaired) electrons. The van der Waals surface area contributed by atoms with Gasteiger partial charge in [0, 0.05) is 0 Å². The molecule has 0 rings (SSSR count). The number of halogens is 4. The fourth-order valence-corrected chi connectivity index (χ4v) is 0.893. The second-order valence-electron chi connectivity index (χ2n) is 2.99. The predicted octanol–water partition coefficient (Wildman–Crippen LogP) is -0.824. The first-order valence-electron chi connectivity index (χ1n) is 4.16. The summed E-state index contributed by atoms with van der Waals surface area (Å²) in [6, 6.07) is 0. The number of thiol groups is 1. The number of nitrogens with one attached hydrogen (secondary N) is 1. The number of carbonyl (C=O) groups excluding carboxylic acids is 3. The summed E-state index contributed by atoms with van der Waals surface area (Å²) < 4.78 is 76.5. The molecule has 0 saturated carbocycles. The number of hydrogen-bond donors (Lipinski definition) is 3. The minimum atomic E-state index is -5.65. The molecule has 1 atom stereocenters. The van der Waals surface area contributed by atoms with Gasteiger partial charge in [-0.05, 0) is 0 Å². The Morgan fingerprint density at radius 1 is 1.20 bits per heavy atom. The van der Waals surface area contributed by atoms with E-state index in [2.05, 4.69) is 17.4 Å². The van der Waals surface area contributed by atoms with E-state index < -0.39 is 45.0 Å². The summed E-state index contributed by atoms with van der Waals surface area (Å²) in [6.45, 7) is -1.61. The molecular formula is C6H5F4NO7S2. The molecule has 0 aromatic heterocycles. The Morgan fingerprint density at radius 3 is 2.00 bits per heavy atom. The SMILES string of the molecule is O=C(COC(=O)C(F)(S)S(=O)(=O)O)NC(=O)C(F)(F)F. The highest BCUT2D eigenvalue weighted by Crippen LogP contribution is 2.24. The third-order valence-corrected chi connectivity index (χ3v) is 3.16. The van der Waals surface area contributed by atoms with Crippen molar-refractivity contribution in [1.82, 2.24) is 5.32 Å². The van der Waals surface area contributed by atoms with E-state index in [0.717, 1.165) is 5.32 Å². The zero-order valence-corrected chi connectivity index (χ0v) is 10.7. The third-order valence-electron chi connectivity index (χ3n) is 1.44. The molecule has 0 aromatic rings. The Bertz CT molecular complexity index is 526. The van der Waals surface area contributed by atoms with Crippen molar-refractivity contribution in [3.8, 4) is 0 Å². The van der Waals surface area contributed by atoms with Crippen LogP contribution in [-0.2, 0) is 29.2 Å². The van der Waals surface area contributed by atoms with E-state index in [9.17, 15) is 40.4 Å². The maximum absolute atomic E-state index is 13.1. The highest BCUT2D eigenvalue weighted by Gasteiger charge is 2.50. The Labute approximate surface area is 113 Å². The Kier molecular flexibility index (Phi) is 5.51. The number of amides is 2. The highest BCUT2D eigenvalue weighted by molar-refractivity contribution is 8.04. The van der Waals surface area contributed by atoms with Gasteiger partial charge in [0.05, 0.1) is 0 Å². The van der Waals surface area contributed by atoms with E-state index in [1.165, 1.54) is 0 Å². The molecule has 116 valence electrons. The molecule has 0 spiro atoms. The second kappa shape index (κ2) is 5.92. The van der Waals surface area contributed by atoms with Crippen molar-refractivity contribution in [2.75, 3.05) is 6.61 Å². The van der Waals surface area contributed by atoms with E-state index in [4.69, 9.17) is 4.55 Å². The first kappa shape index (κ1) is 18.6. The molecule has 0 aliphatic rings. The second-order valence-corrected chi connectivity index (χ2v) is 5.42. The summed E-state index contributed by atoms with van der Waals surface area (Å²) in [6.07, 6.45) is -5.39. The van der Waals surface area contributed by atoms with Crippen molar-refractivity contribution in [2.45, 2.75) is 10.5 Å². The standard InChI is InChI=1S/C6H5F4NO7S2/c7-5(8,9)3(13)11-2(12)1-18-4(14)6(10,19)20(15,16)17/h19H,1H2,(H,11,12,13)(H,15,16,17). The molecule has 20 heavy (non-hydrogen) atoms. The molecule has 0 saturated heterocycles. The van der Waals surface area contributed by atoms with Gasteiger partial charge < -0.3 is 4.74 Å². The lowest BCUT2D eigenvalue weighted by molar-refractivity contribution is -0.175. The normalized spacial score (nSPS) is 15.1. The van der Waals surface area contributed by atoms with E-state index in [-0.39, 0.29) is 0 Å².